The summed E-state index contributed by atoms with van der Waals surface area (Å²) in [6, 6.07) is 16.4. The molecule has 9 nitrogen and oxygen atoms in total. The molecule has 35 heavy (non-hydrogen) atoms. The maximum Gasteiger partial charge on any atom is 0.475 e. The summed E-state index contributed by atoms with van der Waals surface area (Å²) in [4.78, 5) is 25.6. The van der Waals surface area contributed by atoms with Gasteiger partial charge in [-0.1, -0.05) is 42.5 Å². The van der Waals surface area contributed by atoms with Crippen molar-refractivity contribution >= 4 is 36.2 Å². The van der Waals surface area contributed by atoms with Gasteiger partial charge in [0.25, 0.3) is 5.91 Å². The van der Waals surface area contributed by atoms with Crippen LogP contribution in [0.25, 0.3) is 17.0 Å². The number of rotatable bonds is 9. The van der Waals surface area contributed by atoms with Crippen LogP contribution in [0.5, 0.6) is 0 Å². The molecule has 1 aromatic heterocycles. The number of benzene rings is 2. The molecule has 0 bridgehead atoms. The van der Waals surface area contributed by atoms with E-state index in [1.54, 1.807) is 38.4 Å². The summed E-state index contributed by atoms with van der Waals surface area (Å²) in [5.41, 5.74) is 2.93. The van der Waals surface area contributed by atoms with Gasteiger partial charge in [0, 0.05) is 25.9 Å². The van der Waals surface area contributed by atoms with E-state index in [2.05, 4.69) is 5.32 Å². The van der Waals surface area contributed by atoms with Crippen molar-refractivity contribution < 1.29 is 28.8 Å². The van der Waals surface area contributed by atoms with E-state index in [4.69, 9.17) is 9.15 Å². The van der Waals surface area contributed by atoms with E-state index in [-0.39, 0.29) is 24.5 Å². The van der Waals surface area contributed by atoms with Crippen LogP contribution in [0.2, 0.25) is 0 Å². The molecular formula is C25H26BN3O6. The predicted molar refractivity (Wildman–Crippen MR) is 131 cm³/mol. The fourth-order valence-electron chi connectivity index (χ4n) is 3.50. The number of amides is 2. The Morgan fingerprint density at radius 1 is 1.23 bits per heavy atom. The van der Waals surface area contributed by atoms with Crippen LogP contribution in [-0.4, -0.2) is 60.7 Å². The zero-order chi connectivity index (χ0) is 25.4. The largest absolute Gasteiger partial charge is 0.475 e. The predicted octanol–water partition coefficient (Wildman–Crippen LogP) is 2.32. The van der Waals surface area contributed by atoms with Gasteiger partial charge in [-0.2, -0.15) is 5.26 Å². The first-order valence-corrected chi connectivity index (χ1v) is 11.0. The number of hydrogen-bond donors (Lipinski definition) is 3. The van der Waals surface area contributed by atoms with Crippen molar-refractivity contribution in [3.8, 4) is 6.07 Å². The number of fused-ring (bicyclic) bond motifs is 1. The second kappa shape index (κ2) is 11.9. The summed E-state index contributed by atoms with van der Waals surface area (Å²) in [6.45, 7) is 0.0453. The molecule has 0 radical (unpaired) electrons. The van der Waals surface area contributed by atoms with Crippen LogP contribution in [0, 0.1) is 11.3 Å². The van der Waals surface area contributed by atoms with Gasteiger partial charge in [0.1, 0.15) is 17.2 Å². The van der Waals surface area contributed by atoms with E-state index in [1.807, 2.05) is 30.3 Å². The van der Waals surface area contributed by atoms with Crippen LogP contribution in [0.1, 0.15) is 16.7 Å². The number of nitrogens with one attached hydrogen (secondary N) is 1. The Hall–Kier alpha value is -4.07. The van der Waals surface area contributed by atoms with E-state index in [0.717, 1.165) is 16.5 Å². The fourth-order valence-corrected chi connectivity index (χ4v) is 3.50. The summed E-state index contributed by atoms with van der Waals surface area (Å²) >= 11 is 0. The van der Waals surface area contributed by atoms with Crippen LogP contribution in [-0.2, 0) is 22.4 Å². The lowest BCUT2D eigenvalue weighted by Crippen LogP contribution is -2.48. The summed E-state index contributed by atoms with van der Waals surface area (Å²) < 4.78 is 10.7. The van der Waals surface area contributed by atoms with E-state index in [1.165, 1.54) is 17.2 Å². The average molecular weight is 475 g/mol. The molecular weight excluding hydrogens is 449 g/mol. The number of hydrogen-bond acceptors (Lipinski definition) is 7. The number of carbonyl (C=O) groups excluding carboxylic acids is 2. The second-order valence-corrected chi connectivity index (χ2v) is 8.13. The lowest BCUT2D eigenvalue weighted by Gasteiger charge is -2.17. The molecule has 0 aliphatic rings. The van der Waals surface area contributed by atoms with Crippen molar-refractivity contribution in [1.82, 2.24) is 10.2 Å². The molecule has 0 fully saturated rings. The van der Waals surface area contributed by atoms with Gasteiger partial charge in [0.05, 0.1) is 18.8 Å². The molecule has 3 aromatic rings. The summed E-state index contributed by atoms with van der Waals surface area (Å²) in [6.07, 6.45) is 2.78. The molecule has 0 aliphatic heterocycles. The molecule has 0 saturated carbocycles. The van der Waals surface area contributed by atoms with E-state index in [9.17, 15) is 24.9 Å². The molecule has 1 atom stereocenters. The third kappa shape index (κ3) is 6.96. The SMILES string of the molecule is CN(C)C(=O)C(C#N)=Cc1cccc(CCOC(=O)NC(Cc2coc3ccccc23)B(O)O)c1. The molecule has 3 rings (SSSR count). The van der Waals surface area contributed by atoms with Crippen LogP contribution < -0.4 is 5.32 Å². The van der Waals surface area contributed by atoms with Gasteiger partial charge in [-0.05, 0) is 35.3 Å². The van der Waals surface area contributed by atoms with E-state index >= 15 is 0 Å². The molecule has 1 heterocycles. The normalized spacial score (nSPS) is 12.0. The topological polar surface area (TPSA) is 136 Å². The van der Waals surface area contributed by atoms with Crippen molar-refractivity contribution in [2.24, 2.45) is 0 Å². The van der Waals surface area contributed by atoms with Crippen LogP contribution >= 0.6 is 0 Å². The first kappa shape index (κ1) is 25.6. The quantitative estimate of drug-likeness (QED) is 0.246. The van der Waals surface area contributed by atoms with E-state index in [0.29, 0.717) is 17.6 Å². The first-order chi connectivity index (χ1) is 16.8. The number of para-hydroxylation sites is 1. The lowest BCUT2D eigenvalue weighted by atomic mass is 9.76. The molecule has 2 aromatic carbocycles. The molecule has 180 valence electrons. The average Bonchev–Trinajstić information content (AvgIpc) is 3.24. The molecule has 0 spiro atoms. The van der Waals surface area contributed by atoms with Gasteiger partial charge < -0.3 is 29.4 Å². The monoisotopic (exact) mass is 475 g/mol. The van der Waals surface area contributed by atoms with Gasteiger partial charge in [-0.3, -0.25) is 4.79 Å². The number of furan rings is 1. The summed E-state index contributed by atoms with van der Waals surface area (Å²) in [5, 5.41) is 32.0. The van der Waals surface area contributed by atoms with Gasteiger partial charge >= 0.3 is 13.2 Å². The molecule has 1 unspecified atom stereocenters. The highest BCUT2D eigenvalue weighted by atomic mass is 16.5. The number of likely N-dealkylation sites (N-methyl/N-ethyl adjacent to an activating group) is 1. The Kier molecular flexibility index (Phi) is 8.67. The third-order valence-electron chi connectivity index (χ3n) is 5.31. The number of nitriles is 1. The second-order valence-electron chi connectivity index (χ2n) is 8.13. The molecule has 3 N–H and O–H groups in total. The zero-order valence-corrected chi connectivity index (χ0v) is 19.5. The minimum Gasteiger partial charge on any atom is -0.464 e. The lowest BCUT2D eigenvalue weighted by molar-refractivity contribution is -0.124. The highest BCUT2D eigenvalue weighted by Gasteiger charge is 2.27. The maximum atomic E-state index is 12.3. The molecule has 2 amide bonds. The van der Waals surface area contributed by atoms with Gasteiger partial charge in [0.2, 0.25) is 0 Å². The Balaban J connectivity index is 1.56. The Morgan fingerprint density at radius 3 is 2.71 bits per heavy atom. The zero-order valence-electron chi connectivity index (χ0n) is 19.5. The highest BCUT2D eigenvalue weighted by molar-refractivity contribution is 6.43. The van der Waals surface area contributed by atoms with Crippen molar-refractivity contribution in [1.29, 1.82) is 5.26 Å². The molecule has 10 heteroatoms. The van der Waals surface area contributed by atoms with Gasteiger partial charge in [-0.15, -0.1) is 0 Å². The smallest absolute Gasteiger partial charge is 0.464 e. The minimum absolute atomic E-state index is 0.0155. The molecule has 0 aliphatic carbocycles. The maximum absolute atomic E-state index is 12.3. The Bertz CT molecular complexity index is 1260. The Labute approximate surface area is 203 Å². The van der Waals surface area contributed by atoms with E-state index < -0.39 is 19.2 Å². The van der Waals surface area contributed by atoms with Crippen LogP contribution in [0.3, 0.4) is 0 Å². The first-order valence-electron chi connectivity index (χ1n) is 11.0. The number of ether oxygens (including phenoxy) is 1. The number of nitrogens with zero attached hydrogens (tertiary/aromatic N) is 2. The summed E-state index contributed by atoms with van der Waals surface area (Å²) in [7, 11) is 1.35. The minimum atomic E-state index is -1.79. The van der Waals surface area contributed by atoms with Gasteiger partial charge in [0.15, 0.2) is 0 Å². The molecule has 0 saturated heterocycles. The fraction of sp³-hybridized carbons (Fsp3) is 0.240. The number of alkyl carbamates (subject to hydrolysis) is 1. The van der Waals surface area contributed by atoms with Gasteiger partial charge in [-0.25, -0.2) is 4.79 Å². The third-order valence-corrected chi connectivity index (χ3v) is 5.31. The summed E-state index contributed by atoms with van der Waals surface area (Å²) in [5.74, 6) is -1.38. The Morgan fingerprint density at radius 2 is 2.00 bits per heavy atom. The van der Waals surface area contributed by atoms with Crippen LogP contribution in [0.15, 0.2) is 64.8 Å². The van der Waals surface area contributed by atoms with Crippen LogP contribution in [0.4, 0.5) is 4.79 Å². The van der Waals surface area contributed by atoms with Crippen molar-refractivity contribution in [2.75, 3.05) is 20.7 Å². The number of carbonyl (C=O) groups is 2. The van der Waals surface area contributed by atoms with Crippen molar-refractivity contribution in [2.45, 2.75) is 18.8 Å². The van der Waals surface area contributed by atoms with Crippen molar-refractivity contribution in [3.63, 3.8) is 0 Å². The van der Waals surface area contributed by atoms with Crippen molar-refractivity contribution in [3.05, 3.63) is 77.1 Å². The standard InChI is InChI=1S/C25H26BN3O6/c1-29(2)24(30)19(15-27)13-18-7-5-6-17(12-18)10-11-34-25(31)28-23(26(32)33)14-20-16-35-22-9-4-3-8-21(20)22/h3-9,12-13,16,23,32-33H,10-11,14H2,1-2H3,(H,28,31). The highest BCUT2D eigenvalue weighted by Crippen LogP contribution is 2.22.